The summed E-state index contributed by atoms with van der Waals surface area (Å²) >= 11 is 6.04. The van der Waals surface area contributed by atoms with E-state index in [2.05, 4.69) is 9.97 Å². The molecule has 0 aliphatic rings. The number of nitrogen functional groups attached to an aromatic ring is 1. The van der Waals surface area contributed by atoms with E-state index in [1.165, 1.54) is 7.11 Å². The fourth-order valence-corrected chi connectivity index (χ4v) is 2.36. The number of hydrogen-bond donors (Lipinski definition) is 1. The third-order valence-corrected chi connectivity index (χ3v) is 3.60. The zero-order valence-electron chi connectivity index (χ0n) is 13.3. The molecule has 0 fully saturated rings. The van der Waals surface area contributed by atoms with Crippen LogP contribution >= 0.6 is 11.6 Å². The summed E-state index contributed by atoms with van der Waals surface area (Å²) in [5.74, 6) is -0.404. The van der Waals surface area contributed by atoms with Crippen LogP contribution in [-0.2, 0) is 11.2 Å². The molecule has 1 heterocycles. The Bertz CT molecular complexity index is 756. The molecule has 128 valence electrons. The van der Waals surface area contributed by atoms with E-state index in [0.717, 1.165) is 0 Å². The van der Waals surface area contributed by atoms with Gasteiger partial charge in [0.25, 0.3) is 0 Å². The monoisotopic (exact) mass is 353 g/mol. The Kier molecular flexibility index (Phi) is 5.92. The topological polar surface area (TPSA) is 87.3 Å². The van der Waals surface area contributed by atoms with Gasteiger partial charge >= 0.3 is 5.97 Å². The molecule has 0 aliphatic carbocycles. The average Bonchev–Trinajstić information content (AvgIpc) is 2.56. The molecule has 8 heteroatoms. The highest BCUT2D eigenvalue weighted by atomic mass is 35.5. The Balaban J connectivity index is 2.55. The average molecular weight is 354 g/mol. The van der Waals surface area contributed by atoms with Crippen molar-refractivity contribution in [1.29, 1.82) is 0 Å². The second-order valence-corrected chi connectivity index (χ2v) is 5.19. The van der Waals surface area contributed by atoms with Gasteiger partial charge in [0.1, 0.15) is 0 Å². The number of carbonyl (C=O) groups excluding carboxylic acids is 1. The molecule has 0 saturated heterocycles. The minimum Gasteiger partial charge on any atom is -0.491 e. The van der Waals surface area contributed by atoms with Gasteiger partial charge in [0.05, 0.1) is 20.4 Å². The number of hydrogen-bond acceptors (Lipinski definition) is 6. The predicted molar refractivity (Wildman–Crippen MR) is 89.1 cm³/mol. The lowest BCUT2D eigenvalue weighted by Gasteiger charge is -2.12. The Labute approximate surface area is 143 Å². The number of carbonyl (C=O) groups is 1. The number of nitrogens with two attached hydrogens (primary N) is 1. The molecule has 1 aromatic carbocycles. The largest absolute Gasteiger partial charge is 0.491 e. The molecular formula is C16H17ClFN3O3. The van der Waals surface area contributed by atoms with Crippen molar-refractivity contribution in [2.75, 3.05) is 26.1 Å². The number of ether oxygens (including phenoxy) is 2. The summed E-state index contributed by atoms with van der Waals surface area (Å²) < 4.78 is 22.7. The van der Waals surface area contributed by atoms with Crippen LogP contribution in [0.2, 0.25) is 5.02 Å². The molecule has 0 radical (unpaired) electrons. The highest BCUT2D eigenvalue weighted by molar-refractivity contribution is 6.31. The lowest BCUT2D eigenvalue weighted by molar-refractivity contribution is 0.0515. The second kappa shape index (κ2) is 7.92. The number of benzene rings is 1. The van der Waals surface area contributed by atoms with E-state index in [9.17, 15) is 9.18 Å². The maximum absolute atomic E-state index is 12.6. The Morgan fingerprint density at radius 2 is 2.12 bits per heavy atom. The van der Waals surface area contributed by atoms with E-state index < -0.39 is 12.6 Å². The SMILES string of the molecule is CCOC(=O)c1nc(-c2ccc(Cl)c(CCF)c2)nc(N)c1OC. The fraction of sp³-hybridized carbons (Fsp3) is 0.312. The van der Waals surface area contributed by atoms with Crippen molar-refractivity contribution in [3.05, 3.63) is 34.5 Å². The van der Waals surface area contributed by atoms with Crippen LogP contribution in [-0.4, -0.2) is 36.3 Å². The van der Waals surface area contributed by atoms with Gasteiger partial charge < -0.3 is 15.2 Å². The van der Waals surface area contributed by atoms with Gasteiger partial charge in [0.15, 0.2) is 23.1 Å². The number of nitrogens with zero attached hydrogens (tertiary/aromatic N) is 2. The Morgan fingerprint density at radius 3 is 2.75 bits per heavy atom. The number of anilines is 1. The van der Waals surface area contributed by atoms with Gasteiger partial charge in [-0.15, -0.1) is 0 Å². The van der Waals surface area contributed by atoms with Crippen LogP contribution in [0, 0.1) is 0 Å². The highest BCUT2D eigenvalue weighted by Crippen LogP contribution is 2.29. The minimum absolute atomic E-state index is 0.00699. The maximum atomic E-state index is 12.6. The van der Waals surface area contributed by atoms with Gasteiger partial charge in [-0.25, -0.2) is 14.8 Å². The molecule has 1 aromatic heterocycles. The van der Waals surface area contributed by atoms with Crippen LogP contribution in [0.5, 0.6) is 5.75 Å². The number of aromatic nitrogens is 2. The summed E-state index contributed by atoms with van der Waals surface area (Å²) in [6.45, 7) is 1.32. The summed E-state index contributed by atoms with van der Waals surface area (Å²) in [4.78, 5) is 20.4. The Hall–Kier alpha value is -2.41. The first-order valence-corrected chi connectivity index (χ1v) is 7.63. The normalized spacial score (nSPS) is 10.5. The molecule has 0 atom stereocenters. The number of methoxy groups -OCH3 is 1. The van der Waals surface area contributed by atoms with E-state index >= 15 is 0 Å². The molecule has 2 N–H and O–H groups in total. The molecule has 2 aromatic rings. The number of halogens is 2. The first-order chi connectivity index (χ1) is 11.5. The molecule has 0 aliphatic heterocycles. The first-order valence-electron chi connectivity index (χ1n) is 7.25. The molecular weight excluding hydrogens is 337 g/mol. The van der Waals surface area contributed by atoms with Gasteiger partial charge in [-0.2, -0.15) is 0 Å². The van der Waals surface area contributed by atoms with Gasteiger partial charge in [0.2, 0.25) is 0 Å². The minimum atomic E-state index is -0.664. The third kappa shape index (κ3) is 3.73. The van der Waals surface area contributed by atoms with Crippen molar-refractivity contribution >= 4 is 23.4 Å². The lowest BCUT2D eigenvalue weighted by Crippen LogP contribution is -2.13. The van der Waals surface area contributed by atoms with Crippen molar-refractivity contribution in [3.63, 3.8) is 0 Å². The fourth-order valence-electron chi connectivity index (χ4n) is 2.14. The van der Waals surface area contributed by atoms with E-state index in [4.69, 9.17) is 26.8 Å². The van der Waals surface area contributed by atoms with Crippen LogP contribution in [0.3, 0.4) is 0 Å². The highest BCUT2D eigenvalue weighted by Gasteiger charge is 2.21. The maximum Gasteiger partial charge on any atom is 0.361 e. The van der Waals surface area contributed by atoms with Crippen LogP contribution in [0.1, 0.15) is 23.0 Å². The molecule has 0 spiro atoms. The third-order valence-electron chi connectivity index (χ3n) is 3.23. The first kappa shape index (κ1) is 17.9. The predicted octanol–water partition coefficient (Wildman–Crippen LogP) is 3.08. The molecule has 0 unspecified atom stereocenters. The van der Waals surface area contributed by atoms with Gasteiger partial charge in [0, 0.05) is 17.0 Å². The van der Waals surface area contributed by atoms with Crippen molar-refractivity contribution in [1.82, 2.24) is 9.97 Å². The second-order valence-electron chi connectivity index (χ2n) is 4.78. The zero-order chi connectivity index (χ0) is 17.7. The van der Waals surface area contributed by atoms with Crippen molar-refractivity contribution in [2.45, 2.75) is 13.3 Å². The molecule has 2 rings (SSSR count). The van der Waals surface area contributed by atoms with Crippen LogP contribution < -0.4 is 10.5 Å². The van der Waals surface area contributed by atoms with Crippen LogP contribution in [0.25, 0.3) is 11.4 Å². The summed E-state index contributed by atoms with van der Waals surface area (Å²) in [5.41, 5.74) is 6.97. The van der Waals surface area contributed by atoms with Gasteiger partial charge in [-0.1, -0.05) is 11.6 Å². The van der Waals surface area contributed by atoms with E-state index in [1.807, 2.05) is 0 Å². The molecule has 24 heavy (non-hydrogen) atoms. The summed E-state index contributed by atoms with van der Waals surface area (Å²) in [6, 6.07) is 4.95. The van der Waals surface area contributed by atoms with Crippen molar-refractivity contribution < 1.29 is 18.7 Å². The molecule has 6 nitrogen and oxygen atoms in total. The molecule has 0 amide bonds. The lowest BCUT2D eigenvalue weighted by atomic mass is 10.1. The van der Waals surface area contributed by atoms with Crippen molar-refractivity contribution in [3.8, 4) is 17.1 Å². The van der Waals surface area contributed by atoms with Gasteiger partial charge in [-0.05, 0) is 30.7 Å². The zero-order valence-corrected chi connectivity index (χ0v) is 14.1. The van der Waals surface area contributed by atoms with Crippen molar-refractivity contribution in [2.24, 2.45) is 0 Å². The van der Waals surface area contributed by atoms with Crippen LogP contribution in [0.4, 0.5) is 10.2 Å². The standard InChI is InChI=1S/C16H17ClFN3O3/c1-3-24-16(22)12-13(23-2)14(19)21-15(20-12)10-4-5-11(17)9(8-10)6-7-18/h4-5,8H,3,6-7H2,1-2H3,(H2,19,20,21). The van der Waals surface area contributed by atoms with E-state index in [0.29, 0.717) is 16.1 Å². The van der Waals surface area contributed by atoms with E-state index in [1.54, 1.807) is 25.1 Å². The number of alkyl halides is 1. The quantitative estimate of drug-likeness (QED) is 0.803. The van der Waals surface area contributed by atoms with Gasteiger partial charge in [-0.3, -0.25) is 4.39 Å². The summed E-state index contributed by atoms with van der Waals surface area (Å²) in [5, 5.41) is 0.448. The number of aryl methyl sites for hydroxylation is 1. The molecule has 0 bridgehead atoms. The summed E-state index contributed by atoms with van der Waals surface area (Å²) in [6.07, 6.45) is 0.170. The smallest absolute Gasteiger partial charge is 0.361 e. The van der Waals surface area contributed by atoms with E-state index in [-0.39, 0.29) is 36.1 Å². The summed E-state index contributed by atoms with van der Waals surface area (Å²) in [7, 11) is 1.36. The number of rotatable bonds is 6. The number of esters is 1. The van der Waals surface area contributed by atoms with Crippen LogP contribution in [0.15, 0.2) is 18.2 Å². The Morgan fingerprint density at radius 1 is 1.38 bits per heavy atom. The molecule has 0 saturated carbocycles.